The summed E-state index contributed by atoms with van der Waals surface area (Å²) < 4.78 is 0. The summed E-state index contributed by atoms with van der Waals surface area (Å²) in [5, 5.41) is 10.0. The molecule has 0 amide bonds. The third-order valence-corrected chi connectivity index (χ3v) is 4.01. The number of anilines is 1. The normalized spacial score (nSPS) is 17.2. The van der Waals surface area contributed by atoms with Crippen molar-refractivity contribution in [3.63, 3.8) is 0 Å². The summed E-state index contributed by atoms with van der Waals surface area (Å²) in [6.45, 7) is 4.17. The largest absolute Gasteiger partial charge is 0.396 e. The average Bonchev–Trinajstić information content (AvgIpc) is 2.81. The molecule has 0 saturated carbocycles. The van der Waals surface area contributed by atoms with Gasteiger partial charge in [0.25, 0.3) is 0 Å². The van der Waals surface area contributed by atoms with Gasteiger partial charge in [-0.3, -0.25) is 0 Å². The maximum atomic E-state index is 8.90. The Morgan fingerprint density at radius 2 is 2.06 bits per heavy atom. The maximum absolute atomic E-state index is 8.90. The minimum Gasteiger partial charge on any atom is -0.396 e. The van der Waals surface area contributed by atoms with Crippen LogP contribution in [0.1, 0.15) is 26.2 Å². The molecular formula is C11H17ClN4OS. The molecule has 2 rings (SSSR count). The third kappa shape index (κ3) is 3.70. The first-order chi connectivity index (χ1) is 8.69. The Hall–Kier alpha value is -0.590. The molecule has 1 aromatic heterocycles. The van der Waals surface area contributed by atoms with Crippen LogP contribution in [0.4, 0.5) is 5.95 Å². The van der Waals surface area contributed by atoms with Gasteiger partial charge in [-0.25, -0.2) is 0 Å². The van der Waals surface area contributed by atoms with E-state index in [1.165, 1.54) is 24.6 Å². The summed E-state index contributed by atoms with van der Waals surface area (Å²) in [6.07, 6.45) is 3.06. The Labute approximate surface area is 116 Å². The summed E-state index contributed by atoms with van der Waals surface area (Å²) >= 11 is 7.46. The molecule has 100 valence electrons. The number of rotatable bonds is 5. The van der Waals surface area contributed by atoms with Crippen molar-refractivity contribution < 1.29 is 5.11 Å². The zero-order chi connectivity index (χ0) is 13.0. The molecule has 5 nitrogen and oxygen atoms in total. The number of aliphatic hydroxyl groups is 1. The first kappa shape index (κ1) is 13.8. The number of aromatic nitrogens is 3. The highest BCUT2D eigenvalue weighted by molar-refractivity contribution is 7.99. The zero-order valence-corrected chi connectivity index (χ0v) is 11.9. The number of halogens is 1. The van der Waals surface area contributed by atoms with E-state index in [1.54, 1.807) is 0 Å². The van der Waals surface area contributed by atoms with Gasteiger partial charge < -0.3 is 10.0 Å². The van der Waals surface area contributed by atoms with Crippen LogP contribution in [0.3, 0.4) is 0 Å². The first-order valence-corrected chi connectivity index (χ1v) is 7.39. The van der Waals surface area contributed by atoms with E-state index >= 15 is 0 Å². The standard InChI is InChI=1S/C11H17ClN4OS/c1-8(4-7-17)18-11-14-9(12)13-10(15-11)16-5-2-3-6-16/h8,17H,2-7H2,1H3. The van der Waals surface area contributed by atoms with Crippen molar-refractivity contribution in [3.8, 4) is 0 Å². The van der Waals surface area contributed by atoms with Crippen LogP contribution >= 0.6 is 23.4 Å². The highest BCUT2D eigenvalue weighted by Gasteiger charge is 2.17. The molecule has 0 radical (unpaired) electrons. The molecule has 1 fully saturated rings. The van der Waals surface area contributed by atoms with Crippen LogP contribution in [0, 0.1) is 0 Å². The van der Waals surface area contributed by atoms with Crippen LogP contribution in [0.15, 0.2) is 5.16 Å². The molecule has 0 aromatic carbocycles. The van der Waals surface area contributed by atoms with E-state index in [0.717, 1.165) is 13.1 Å². The van der Waals surface area contributed by atoms with Crippen LogP contribution < -0.4 is 4.90 Å². The molecule has 1 saturated heterocycles. The van der Waals surface area contributed by atoms with Crippen molar-refractivity contribution in [3.05, 3.63) is 5.28 Å². The van der Waals surface area contributed by atoms with E-state index in [4.69, 9.17) is 16.7 Å². The maximum Gasteiger partial charge on any atom is 0.230 e. The van der Waals surface area contributed by atoms with Gasteiger partial charge in [-0.15, -0.1) is 0 Å². The highest BCUT2D eigenvalue weighted by atomic mass is 35.5. The van der Waals surface area contributed by atoms with Crippen molar-refractivity contribution in [1.82, 2.24) is 15.0 Å². The summed E-state index contributed by atoms with van der Waals surface area (Å²) in [6, 6.07) is 0. The minimum absolute atomic E-state index is 0.173. The van der Waals surface area contributed by atoms with Gasteiger partial charge >= 0.3 is 0 Å². The van der Waals surface area contributed by atoms with E-state index in [9.17, 15) is 0 Å². The number of thioether (sulfide) groups is 1. The minimum atomic E-state index is 0.173. The molecule has 0 bridgehead atoms. The predicted molar refractivity (Wildman–Crippen MR) is 73.3 cm³/mol. The number of nitrogens with zero attached hydrogens (tertiary/aromatic N) is 4. The van der Waals surface area contributed by atoms with Gasteiger partial charge in [-0.1, -0.05) is 18.7 Å². The molecule has 1 N–H and O–H groups in total. The Balaban J connectivity index is 2.10. The number of hydrogen-bond acceptors (Lipinski definition) is 6. The van der Waals surface area contributed by atoms with Crippen LogP contribution in [0.5, 0.6) is 0 Å². The van der Waals surface area contributed by atoms with E-state index in [1.807, 2.05) is 6.92 Å². The first-order valence-electron chi connectivity index (χ1n) is 6.13. The molecule has 0 spiro atoms. The lowest BCUT2D eigenvalue weighted by atomic mass is 10.4. The fourth-order valence-corrected chi connectivity index (χ4v) is 2.92. The smallest absolute Gasteiger partial charge is 0.230 e. The van der Waals surface area contributed by atoms with E-state index in [2.05, 4.69) is 19.9 Å². The van der Waals surface area contributed by atoms with Gasteiger partial charge in [0.05, 0.1) is 0 Å². The van der Waals surface area contributed by atoms with Crippen LogP contribution in [-0.2, 0) is 0 Å². The number of hydrogen-bond donors (Lipinski definition) is 1. The van der Waals surface area contributed by atoms with Gasteiger partial charge in [-0.05, 0) is 30.9 Å². The van der Waals surface area contributed by atoms with Crippen LogP contribution in [0.2, 0.25) is 5.28 Å². The fourth-order valence-electron chi connectivity index (χ4n) is 1.85. The number of aliphatic hydroxyl groups excluding tert-OH is 1. The van der Waals surface area contributed by atoms with E-state index < -0.39 is 0 Å². The Morgan fingerprint density at radius 1 is 1.33 bits per heavy atom. The molecule has 1 aliphatic rings. The predicted octanol–water partition coefficient (Wildman–Crippen LogP) is 1.99. The Kier molecular flexibility index (Phi) is 5.03. The molecule has 1 atom stereocenters. The van der Waals surface area contributed by atoms with Crippen molar-refractivity contribution in [2.24, 2.45) is 0 Å². The van der Waals surface area contributed by atoms with Crippen molar-refractivity contribution in [2.75, 3.05) is 24.6 Å². The highest BCUT2D eigenvalue weighted by Crippen LogP contribution is 2.25. The molecule has 1 aliphatic heterocycles. The Bertz CT molecular complexity index is 401. The lowest BCUT2D eigenvalue weighted by Gasteiger charge is -2.16. The van der Waals surface area contributed by atoms with Crippen LogP contribution in [-0.4, -0.2) is 45.0 Å². The monoisotopic (exact) mass is 288 g/mol. The van der Waals surface area contributed by atoms with Gasteiger partial charge in [0, 0.05) is 24.9 Å². The van der Waals surface area contributed by atoms with Gasteiger partial charge in [0.2, 0.25) is 11.2 Å². The molecule has 1 unspecified atom stereocenters. The summed E-state index contributed by atoms with van der Waals surface area (Å²) in [7, 11) is 0. The van der Waals surface area contributed by atoms with Gasteiger partial charge in [0.1, 0.15) is 0 Å². The lowest BCUT2D eigenvalue weighted by molar-refractivity contribution is 0.289. The molecule has 0 aliphatic carbocycles. The summed E-state index contributed by atoms with van der Waals surface area (Å²) in [4.78, 5) is 14.9. The molecular weight excluding hydrogens is 272 g/mol. The van der Waals surface area contributed by atoms with Gasteiger partial charge in [-0.2, -0.15) is 15.0 Å². The average molecular weight is 289 g/mol. The van der Waals surface area contributed by atoms with E-state index in [0.29, 0.717) is 17.5 Å². The SMILES string of the molecule is CC(CCO)Sc1nc(Cl)nc(N2CCCC2)n1. The van der Waals surface area contributed by atoms with Crippen molar-refractivity contribution >= 4 is 29.3 Å². The summed E-state index contributed by atoms with van der Waals surface area (Å²) in [5.41, 5.74) is 0. The Morgan fingerprint density at radius 3 is 2.72 bits per heavy atom. The quantitative estimate of drug-likeness (QED) is 0.836. The fraction of sp³-hybridized carbons (Fsp3) is 0.727. The zero-order valence-electron chi connectivity index (χ0n) is 10.3. The molecule has 1 aromatic rings. The molecule has 7 heteroatoms. The molecule has 18 heavy (non-hydrogen) atoms. The van der Waals surface area contributed by atoms with Crippen molar-refractivity contribution in [2.45, 2.75) is 36.6 Å². The second-order valence-corrected chi connectivity index (χ2v) is 6.07. The second-order valence-electron chi connectivity index (χ2n) is 4.32. The summed E-state index contributed by atoms with van der Waals surface area (Å²) in [5.74, 6) is 0.672. The lowest BCUT2D eigenvalue weighted by Crippen LogP contribution is -2.21. The topological polar surface area (TPSA) is 62.1 Å². The third-order valence-electron chi connectivity index (χ3n) is 2.81. The van der Waals surface area contributed by atoms with Gasteiger partial charge in [0.15, 0.2) is 5.16 Å². The second kappa shape index (κ2) is 6.54. The van der Waals surface area contributed by atoms with Crippen molar-refractivity contribution in [1.29, 1.82) is 0 Å². The van der Waals surface area contributed by atoms with Crippen LogP contribution in [0.25, 0.3) is 0 Å². The molecule has 2 heterocycles. The van der Waals surface area contributed by atoms with E-state index in [-0.39, 0.29) is 17.1 Å².